The molecule has 1 aromatic heterocycles. The summed E-state index contributed by atoms with van der Waals surface area (Å²) in [7, 11) is 0. The molecule has 0 aliphatic heterocycles. The quantitative estimate of drug-likeness (QED) is 0.819. The Balaban J connectivity index is 2.16. The number of hydrogen-bond acceptors (Lipinski definition) is 2. The average Bonchev–Trinajstić information content (AvgIpc) is 2.65. The second-order valence-corrected chi connectivity index (χ2v) is 4.81. The third-order valence-electron chi connectivity index (χ3n) is 2.70. The Labute approximate surface area is 102 Å². The Morgan fingerprint density at radius 2 is 2.18 bits per heavy atom. The fourth-order valence-corrected chi connectivity index (χ4v) is 1.93. The maximum atomic E-state index is 5.78. The topological polar surface area (TPSA) is 43.8 Å². The number of rotatable bonds is 4. The molecule has 2 N–H and O–H groups in total. The molecule has 17 heavy (non-hydrogen) atoms. The van der Waals surface area contributed by atoms with E-state index in [2.05, 4.69) is 29.5 Å². The Morgan fingerprint density at radius 3 is 2.88 bits per heavy atom. The highest BCUT2D eigenvalue weighted by Gasteiger charge is 2.05. The number of aromatic nitrogens is 2. The highest BCUT2D eigenvalue weighted by atomic mass is 15.1. The van der Waals surface area contributed by atoms with Gasteiger partial charge in [-0.15, -0.1) is 0 Å². The van der Waals surface area contributed by atoms with Crippen LogP contribution in [0.4, 0.5) is 5.69 Å². The molecule has 0 saturated heterocycles. The first-order valence-corrected chi connectivity index (χ1v) is 5.99. The predicted octanol–water partition coefficient (Wildman–Crippen LogP) is 2.71. The molecular formula is C14H19N3. The third kappa shape index (κ3) is 3.09. The SMILES string of the molecule is CC(C)Cc1nccn1Cc1cccc(N)c1. The van der Waals surface area contributed by atoms with Gasteiger partial charge in [-0.3, -0.25) is 0 Å². The van der Waals surface area contributed by atoms with E-state index in [4.69, 9.17) is 5.73 Å². The molecule has 3 nitrogen and oxygen atoms in total. The summed E-state index contributed by atoms with van der Waals surface area (Å²) in [6.07, 6.45) is 4.90. The van der Waals surface area contributed by atoms with E-state index in [0.29, 0.717) is 5.92 Å². The molecule has 3 heteroatoms. The highest BCUT2D eigenvalue weighted by Crippen LogP contribution is 2.12. The zero-order chi connectivity index (χ0) is 12.3. The lowest BCUT2D eigenvalue weighted by Gasteiger charge is -2.10. The Morgan fingerprint density at radius 1 is 1.35 bits per heavy atom. The number of imidazole rings is 1. The smallest absolute Gasteiger partial charge is 0.109 e. The van der Waals surface area contributed by atoms with Crippen molar-refractivity contribution in [3.05, 3.63) is 48.0 Å². The average molecular weight is 229 g/mol. The van der Waals surface area contributed by atoms with Crippen molar-refractivity contribution in [2.45, 2.75) is 26.8 Å². The fraction of sp³-hybridized carbons (Fsp3) is 0.357. The van der Waals surface area contributed by atoms with E-state index in [-0.39, 0.29) is 0 Å². The summed E-state index contributed by atoms with van der Waals surface area (Å²) in [6.45, 7) is 5.26. The number of hydrogen-bond donors (Lipinski definition) is 1. The minimum absolute atomic E-state index is 0.622. The van der Waals surface area contributed by atoms with Crippen molar-refractivity contribution in [3.8, 4) is 0 Å². The molecule has 0 saturated carbocycles. The Kier molecular flexibility index (Phi) is 3.47. The molecule has 0 unspecified atom stereocenters. The number of nitrogens with zero attached hydrogens (tertiary/aromatic N) is 2. The standard InChI is InChI=1S/C14H19N3/c1-11(2)8-14-16-6-7-17(14)10-12-4-3-5-13(15)9-12/h3-7,9,11H,8,10,15H2,1-2H3. The van der Waals surface area contributed by atoms with Crippen LogP contribution in [0, 0.1) is 5.92 Å². The molecule has 2 aromatic rings. The molecule has 90 valence electrons. The van der Waals surface area contributed by atoms with Gasteiger partial charge in [0.2, 0.25) is 0 Å². The summed E-state index contributed by atoms with van der Waals surface area (Å²) >= 11 is 0. The highest BCUT2D eigenvalue weighted by molar-refractivity contribution is 5.40. The molecule has 0 aliphatic carbocycles. The maximum Gasteiger partial charge on any atom is 0.109 e. The second kappa shape index (κ2) is 5.04. The summed E-state index contributed by atoms with van der Waals surface area (Å²) in [5, 5.41) is 0. The van der Waals surface area contributed by atoms with Gasteiger partial charge in [0.1, 0.15) is 5.82 Å². The van der Waals surface area contributed by atoms with Crippen molar-refractivity contribution in [1.29, 1.82) is 0 Å². The first-order valence-electron chi connectivity index (χ1n) is 5.99. The van der Waals surface area contributed by atoms with Crippen LogP contribution in [-0.2, 0) is 13.0 Å². The van der Waals surface area contributed by atoms with Gasteiger partial charge in [0.05, 0.1) is 0 Å². The molecule has 0 amide bonds. The van der Waals surface area contributed by atoms with Crippen molar-refractivity contribution in [2.24, 2.45) is 5.92 Å². The Bertz CT molecular complexity index is 486. The van der Waals surface area contributed by atoms with Crippen molar-refractivity contribution in [3.63, 3.8) is 0 Å². The van der Waals surface area contributed by atoms with Crippen LogP contribution >= 0.6 is 0 Å². The first-order chi connectivity index (χ1) is 8.15. The van der Waals surface area contributed by atoms with E-state index in [9.17, 15) is 0 Å². The van der Waals surface area contributed by atoms with Crippen molar-refractivity contribution in [2.75, 3.05) is 5.73 Å². The van der Waals surface area contributed by atoms with Gasteiger partial charge in [-0.05, 0) is 23.6 Å². The van der Waals surface area contributed by atoms with E-state index in [1.54, 1.807) is 0 Å². The predicted molar refractivity (Wildman–Crippen MR) is 70.7 cm³/mol. The monoisotopic (exact) mass is 229 g/mol. The summed E-state index contributed by atoms with van der Waals surface area (Å²) in [5.74, 6) is 1.76. The van der Waals surface area contributed by atoms with Crippen LogP contribution < -0.4 is 5.73 Å². The van der Waals surface area contributed by atoms with Gasteiger partial charge in [-0.25, -0.2) is 4.98 Å². The van der Waals surface area contributed by atoms with Gasteiger partial charge in [0.15, 0.2) is 0 Å². The normalized spacial score (nSPS) is 11.0. The minimum Gasteiger partial charge on any atom is -0.399 e. The van der Waals surface area contributed by atoms with E-state index in [0.717, 1.165) is 24.5 Å². The maximum absolute atomic E-state index is 5.78. The largest absolute Gasteiger partial charge is 0.399 e. The van der Waals surface area contributed by atoms with E-state index in [1.807, 2.05) is 30.6 Å². The van der Waals surface area contributed by atoms with Crippen LogP contribution in [-0.4, -0.2) is 9.55 Å². The van der Waals surface area contributed by atoms with Crippen molar-refractivity contribution in [1.82, 2.24) is 9.55 Å². The molecule has 0 radical (unpaired) electrons. The lowest BCUT2D eigenvalue weighted by molar-refractivity contribution is 0.590. The fourth-order valence-electron chi connectivity index (χ4n) is 1.93. The molecular weight excluding hydrogens is 210 g/mol. The lowest BCUT2D eigenvalue weighted by Crippen LogP contribution is -2.07. The van der Waals surface area contributed by atoms with E-state index < -0.39 is 0 Å². The Hall–Kier alpha value is -1.77. The van der Waals surface area contributed by atoms with Crippen molar-refractivity contribution >= 4 is 5.69 Å². The van der Waals surface area contributed by atoms with Gasteiger partial charge in [-0.2, -0.15) is 0 Å². The van der Waals surface area contributed by atoms with Gasteiger partial charge >= 0.3 is 0 Å². The number of nitrogens with two attached hydrogens (primary N) is 1. The van der Waals surface area contributed by atoms with Gasteiger partial charge in [0, 0.05) is 31.0 Å². The molecule has 0 fully saturated rings. The summed E-state index contributed by atoms with van der Waals surface area (Å²) in [5.41, 5.74) is 7.81. The molecule has 0 spiro atoms. The molecule has 0 atom stereocenters. The second-order valence-electron chi connectivity index (χ2n) is 4.81. The van der Waals surface area contributed by atoms with E-state index >= 15 is 0 Å². The molecule has 1 heterocycles. The zero-order valence-corrected chi connectivity index (χ0v) is 10.4. The van der Waals surface area contributed by atoms with E-state index in [1.165, 1.54) is 5.56 Å². The van der Waals surface area contributed by atoms with Gasteiger partial charge < -0.3 is 10.3 Å². The van der Waals surface area contributed by atoms with Crippen LogP contribution in [0.3, 0.4) is 0 Å². The first kappa shape index (κ1) is 11.7. The molecule has 2 rings (SSSR count). The number of benzene rings is 1. The van der Waals surface area contributed by atoms with Crippen LogP contribution in [0.5, 0.6) is 0 Å². The minimum atomic E-state index is 0.622. The number of anilines is 1. The molecule has 1 aromatic carbocycles. The zero-order valence-electron chi connectivity index (χ0n) is 10.4. The third-order valence-corrected chi connectivity index (χ3v) is 2.70. The molecule has 0 bridgehead atoms. The summed E-state index contributed by atoms with van der Waals surface area (Å²) in [4.78, 5) is 4.41. The van der Waals surface area contributed by atoms with Crippen LogP contribution in [0.15, 0.2) is 36.7 Å². The summed E-state index contributed by atoms with van der Waals surface area (Å²) < 4.78 is 2.19. The van der Waals surface area contributed by atoms with Crippen LogP contribution in [0.25, 0.3) is 0 Å². The number of nitrogen functional groups attached to an aromatic ring is 1. The van der Waals surface area contributed by atoms with Crippen LogP contribution in [0.2, 0.25) is 0 Å². The molecule has 0 aliphatic rings. The van der Waals surface area contributed by atoms with Crippen LogP contribution in [0.1, 0.15) is 25.2 Å². The summed E-state index contributed by atoms with van der Waals surface area (Å²) in [6, 6.07) is 8.00. The van der Waals surface area contributed by atoms with Gasteiger partial charge in [-0.1, -0.05) is 26.0 Å². The van der Waals surface area contributed by atoms with Crippen molar-refractivity contribution < 1.29 is 0 Å². The van der Waals surface area contributed by atoms with Gasteiger partial charge in [0.25, 0.3) is 0 Å². The lowest BCUT2D eigenvalue weighted by atomic mass is 10.1.